The molecule has 2 aromatic rings. The lowest BCUT2D eigenvalue weighted by Gasteiger charge is -2.05. The topological polar surface area (TPSA) is 85.1 Å². The number of amides is 2. The van der Waals surface area contributed by atoms with Gasteiger partial charge >= 0.3 is 0 Å². The number of carbonyl (C=O) groups excluding carboxylic acids is 2. The van der Waals surface area contributed by atoms with Gasteiger partial charge < -0.3 is 11.1 Å². The van der Waals surface area contributed by atoms with Gasteiger partial charge in [-0.3, -0.25) is 14.6 Å². The van der Waals surface area contributed by atoms with Gasteiger partial charge in [-0.05, 0) is 31.0 Å². The summed E-state index contributed by atoms with van der Waals surface area (Å²) in [7, 11) is 0. The second-order valence-corrected chi connectivity index (χ2v) is 5.45. The van der Waals surface area contributed by atoms with Crippen molar-refractivity contribution < 1.29 is 9.59 Å². The van der Waals surface area contributed by atoms with Crippen LogP contribution in [0.15, 0.2) is 24.4 Å². The molecule has 3 N–H and O–H groups in total. The Morgan fingerprint density at radius 2 is 2.15 bits per heavy atom. The Hall–Kier alpha value is -2.21. The Kier molecular flexibility index (Phi) is 4.14. The van der Waals surface area contributed by atoms with Crippen molar-refractivity contribution in [3.05, 3.63) is 46.1 Å². The number of rotatable bonds is 4. The summed E-state index contributed by atoms with van der Waals surface area (Å²) in [6.07, 6.45) is 2.24. The lowest BCUT2D eigenvalue weighted by molar-refractivity contribution is 0.100. The van der Waals surface area contributed by atoms with Crippen LogP contribution in [0.3, 0.4) is 0 Å². The van der Waals surface area contributed by atoms with Crippen molar-refractivity contribution in [2.24, 2.45) is 5.73 Å². The molecule has 6 heteroatoms. The Morgan fingerprint density at radius 1 is 1.40 bits per heavy atom. The first-order valence-electron chi connectivity index (χ1n) is 6.19. The second-order valence-electron chi connectivity index (χ2n) is 4.23. The molecule has 20 heavy (non-hydrogen) atoms. The van der Waals surface area contributed by atoms with E-state index in [-0.39, 0.29) is 5.91 Å². The number of thiophene rings is 1. The molecule has 0 fully saturated rings. The van der Waals surface area contributed by atoms with Gasteiger partial charge in [-0.25, -0.2) is 0 Å². The number of hydrogen-bond donors (Lipinski definition) is 2. The molecule has 2 amide bonds. The zero-order chi connectivity index (χ0) is 14.7. The first-order chi connectivity index (χ1) is 9.54. The van der Waals surface area contributed by atoms with Crippen molar-refractivity contribution in [2.45, 2.75) is 20.3 Å². The van der Waals surface area contributed by atoms with Crippen LogP contribution in [0, 0.1) is 6.92 Å². The molecule has 0 saturated heterocycles. The molecule has 0 saturated carbocycles. The minimum absolute atomic E-state index is 0.298. The summed E-state index contributed by atoms with van der Waals surface area (Å²) >= 11 is 1.36. The van der Waals surface area contributed by atoms with Crippen LogP contribution >= 0.6 is 11.3 Å². The van der Waals surface area contributed by atoms with Gasteiger partial charge in [0.2, 0.25) is 0 Å². The summed E-state index contributed by atoms with van der Waals surface area (Å²) in [4.78, 5) is 28.6. The van der Waals surface area contributed by atoms with Crippen molar-refractivity contribution >= 4 is 28.2 Å². The van der Waals surface area contributed by atoms with Gasteiger partial charge in [-0.15, -0.1) is 11.3 Å². The fourth-order valence-electron chi connectivity index (χ4n) is 2.02. The van der Waals surface area contributed by atoms with Crippen LogP contribution in [-0.4, -0.2) is 16.8 Å². The number of aryl methyl sites for hydroxylation is 1. The molecule has 0 unspecified atom stereocenters. The van der Waals surface area contributed by atoms with Crippen molar-refractivity contribution in [1.82, 2.24) is 4.98 Å². The van der Waals surface area contributed by atoms with Gasteiger partial charge in [-0.1, -0.05) is 13.0 Å². The van der Waals surface area contributed by atoms with Crippen LogP contribution in [0.2, 0.25) is 0 Å². The molecule has 2 aromatic heterocycles. The molecule has 0 aliphatic carbocycles. The molecule has 2 heterocycles. The second kappa shape index (κ2) is 5.83. The number of anilines is 1. The lowest BCUT2D eigenvalue weighted by atomic mass is 10.1. The van der Waals surface area contributed by atoms with Crippen LogP contribution in [0.4, 0.5) is 5.00 Å². The van der Waals surface area contributed by atoms with E-state index in [2.05, 4.69) is 10.3 Å². The average molecular weight is 289 g/mol. The summed E-state index contributed by atoms with van der Waals surface area (Å²) in [5.74, 6) is -0.875. The van der Waals surface area contributed by atoms with Gasteiger partial charge in [0, 0.05) is 11.1 Å². The van der Waals surface area contributed by atoms with E-state index in [4.69, 9.17) is 5.73 Å². The number of carbonyl (C=O) groups is 2. The lowest BCUT2D eigenvalue weighted by Crippen LogP contribution is -2.18. The summed E-state index contributed by atoms with van der Waals surface area (Å²) in [6.45, 7) is 3.86. The van der Waals surface area contributed by atoms with Gasteiger partial charge in [-0.2, -0.15) is 0 Å². The van der Waals surface area contributed by atoms with Crippen LogP contribution in [0.25, 0.3) is 0 Å². The quantitative estimate of drug-likeness (QED) is 0.906. The third kappa shape index (κ3) is 2.70. The molecule has 0 bridgehead atoms. The Bertz CT molecular complexity index is 650. The first kappa shape index (κ1) is 14.2. The molecule has 104 valence electrons. The smallest absolute Gasteiger partial charge is 0.274 e. The molecule has 0 aliphatic rings. The van der Waals surface area contributed by atoms with E-state index in [0.717, 1.165) is 10.4 Å². The van der Waals surface area contributed by atoms with Crippen molar-refractivity contribution in [1.29, 1.82) is 0 Å². The van der Waals surface area contributed by atoms with Crippen LogP contribution < -0.4 is 11.1 Å². The minimum Gasteiger partial charge on any atom is -0.365 e. The molecule has 5 nitrogen and oxygen atoms in total. The predicted octanol–water partition coefficient (Wildman–Crippen LogP) is 2.37. The number of primary amides is 1. The highest BCUT2D eigenvalue weighted by molar-refractivity contribution is 7.16. The van der Waals surface area contributed by atoms with Gasteiger partial charge in [0.25, 0.3) is 11.8 Å². The molecule has 2 rings (SSSR count). The van der Waals surface area contributed by atoms with Crippen molar-refractivity contribution in [2.75, 3.05) is 5.32 Å². The zero-order valence-electron chi connectivity index (χ0n) is 11.3. The Balaban J connectivity index is 2.35. The molecule has 0 radical (unpaired) electrons. The first-order valence-corrected chi connectivity index (χ1v) is 7.00. The van der Waals surface area contributed by atoms with Crippen LogP contribution in [0.5, 0.6) is 0 Å². The summed E-state index contributed by atoms with van der Waals surface area (Å²) in [5, 5.41) is 3.21. The summed E-state index contributed by atoms with van der Waals surface area (Å²) in [5.41, 5.74) is 7.01. The fraction of sp³-hybridized carbons (Fsp3) is 0.214. The Morgan fingerprint density at radius 3 is 2.70 bits per heavy atom. The number of pyridine rings is 1. The average Bonchev–Trinajstić information content (AvgIpc) is 2.75. The van der Waals surface area contributed by atoms with Crippen molar-refractivity contribution in [3.63, 3.8) is 0 Å². The molecular weight excluding hydrogens is 274 g/mol. The van der Waals surface area contributed by atoms with E-state index in [1.807, 2.05) is 13.8 Å². The standard InChI is InChI=1S/C14H15N3O2S/c1-3-9-8(2)20-14(11(9)12(15)18)17-13(19)10-6-4-5-7-16-10/h4-7H,3H2,1-2H3,(H2,15,18)(H,17,19). The van der Waals surface area contributed by atoms with E-state index in [1.165, 1.54) is 11.3 Å². The highest BCUT2D eigenvalue weighted by Gasteiger charge is 2.21. The van der Waals surface area contributed by atoms with Gasteiger partial charge in [0.15, 0.2) is 0 Å². The third-order valence-corrected chi connectivity index (χ3v) is 4.00. The van der Waals surface area contributed by atoms with Crippen LogP contribution in [-0.2, 0) is 6.42 Å². The largest absolute Gasteiger partial charge is 0.365 e. The fourth-order valence-corrected chi connectivity index (χ4v) is 3.16. The highest BCUT2D eigenvalue weighted by Crippen LogP contribution is 2.33. The Labute approximate surface area is 120 Å². The molecule has 0 aliphatic heterocycles. The monoisotopic (exact) mass is 289 g/mol. The van der Waals surface area contributed by atoms with E-state index >= 15 is 0 Å². The van der Waals surface area contributed by atoms with Crippen LogP contribution in [0.1, 0.15) is 38.2 Å². The predicted molar refractivity (Wildman–Crippen MR) is 79.1 cm³/mol. The molecule has 0 atom stereocenters. The SMILES string of the molecule is CCc1c(C)sc(NC(=O)c2ccccn2)c1C(N)=O. The maximum absolute atomic E-state index is 12.1. The number of nitrogens with one attached hydrogen (secondary N) is 1. The number of hydrogen-bond acceptors (Lipinski definition) is 4. The highest BCUT2D eigenvalue weighted by atomic mass is 32.1. The molecular formula is C14H15N3O2S. The normalized spacial score (nSPS) is 10.3. The summed E-state index contributed by atoms with van der Waals surface area (Å²) < 4.78 is 0. The number of nitrogens with two attached hydrogens (primary N) is 1. The number of nitrogens with zero attached hydrogens (tertiary/aromatic N) is 1. The maximum atomic E-state index is 12.1. The van der Waals surface area contributed by atoms with E-state index < -0.39 is 5.91 Å². The van der Waals surface area contributed by atoms with E-state index in [1.54, 1.807) is 24.4 Å². The summed E-state index contributed by atoms with van der Waals surface area (Å²) in [6, 6.07) is 5.07. The number of aromatic nitrogens is 1. The molecule has 0 aromatic carbocycles. The maximum Gasteiger partial charge on any atom is 0.274 e. The van der Waals surface area contributed by atoms with E-state index in [9.17, 15) is 9.59 Å². The third-order valence-electron chi connectivity index (χ3n) is 2.93. The minimum atomic E-state index is -0.525. The van der Waals surface area contributed by atoms with Gasteiger partial charge in [0.1, 0.15) is 10.7 Å². The zero-order valence-corrected chi connectivity index (χ0v) is 12.1. The molecule has 0 spiro atoms. The van der Waals surface area contributed by atoms with Gasteiger partial charge in [0.05, 0.1) is 5.56 Å². The van der Waals surface area contributed by atoms with E-state index in [0.29, 0.717) is 22.7 Å². The van der Waals surface area contributed by atoms with Crippen molar-refractivity contribution in [3.8, 4) is 0 Å².